The number of fused-ring (bicyclic) bond motifs is 3. The van der Waals surface area contributed by atoms with E-state index in [2.05, 4.69) is 30.2 Å². The zero-order valence-corrected chi connectivity index (χ0v) is 14.5. The van der Waals surface area contributed by atoms with Gasteiger partial charge in [0.15, 0.2) is 0 Å². The van der Waals surface area contributed by atoms with Crippen LogP contribution in [0.4, 0.5) is 5.82 Å². The molecule has 2 heterocycles. The van der Waals surface area contributed by atoms with Gasteiger partial charge in [-0.25, -0.2) is 0 Å². The highest BCUT2D eigenvalue weighted by atomic mass is 16.5. The zero-order valence-electron chi connectivity index (χ0n) is 14.5. The first-order valence-electron chi connectivity index (χ1n) is 8.49. The van der Waals surface area contributed by atoms with Crippen molar-refractivity contribution in [1.29, 1.82) is 5.26 Å². The summed E-state index contributed by atoms with van der Waals surface area (Å²) in [7, 11) is 0. The molecule has 25 heavy (non-hydrogen) atoms. The van der Waals surface area contributed by atoms with Crippen LogP contribution in [0.3, 0.4) is 0 Å². The number of imidazole rings is 1. The molecule has 0 unspecified atom stereocenters. The molecular formula is C19H23N4O2+. The van der Waals surface area contributed by atoms with E-state index < -0.39 is 0 Å². The van der Waals surface area contributed by atoms with E-state index in [-0.39, 0.29) is 12.5 Å². The standard InChI is InChI=1S/C19H22N4O2/c1-13(2)14-11-18(21-7-9-25-10-8-24)23-17-6-4-3-5-16(17)22-19(23)15(14)12-20/h3-6,11,13,24H,7-10H2,1-2H3,(H,21,22)/p+1. The molecule has 0 aliphatic rings. The molecule has 0 bridgehead atoms. The highest BCUT2D eigenvalue weighted by Gasteiger charge is 2.22. The molecule has 3 rings (SSSR count). The lowest BCUT2D eigenvalue weighted by molar-refractivity contribution is -0.465. The molecule has 6 heteroatoms. The lowest BCUT2D eigenvalue weighted by Crippen LogP contribution is -2.29. The molecule has 6 nitrogen and oxygen atoms in total. The van der Waals surface area contributed by atoms with Crippen molar-refractivity contribution in [2.75, 3.05) is 31.7 Å². The summed E-state index contributed by atoms with van der Waals surface area (Å²) in [4.78, 5) is 3.38. The number of nitrogens with zero attached hydrogens (tertiary/aromatic N) is 2. The van der Waals surface area contributed by atoms with Gasteiger partial charge in [-0.2, -0.15) is 9.66 Å². The first kappa shape index (κ1) is 17.2. The van der Waals surface area contributed by atoms with Crippen LogP contribution in [0.25, 0.3) is 16.7 Å². The zero-order chi connectivity index (χ0) is 17.8. The van der Waals surface area contributed by atoms with Crippen molar-refractivity contribution in [2.24, 2.45) is 0 Å². The van der Waals surface area contributed by atoms with Gasteiger partial charge in [-0.3, -0.25) is 4.98 Å². The number of hydrogen-bond donors (Lipinski definition) is 3. The predicted octanol–water partition coefficient (Wildman–Crippen LogP) is 2.32. The first-order valence-corrected chi connectivity index (χ1v) is 8.49. The molecule has 3 aromatic rings. The molecule has 3 N–H and O–H groups in total. The highest BCUT2D eigenvalue weighted by molar-refractivity contribution is 5.77. The fourth-order valence-electron chi connectivity index (χ4n) is 3.04. The summed E-state index contributed by atoms with van der Waals surface area (Å²) < 4.78 is 7.37. The molecule has 0 saturated carbocycles. The Bertz CT molecular complexity index is 924. The minimum atomic E-state index is 0.0236. The molecule has 0 atom stereocenters. The maximum absolute atomic E-state index is 9.71. The van der Waals surface area contributed by atoms with E-state index in [4.69, 9.17) is 9.84 Å². The second-order valence-corrected chi connectivity index (χ2v) is 6.22. The Morgan fingerprint density at radius 1 is 1.32 bits per heavy atom. The third-order valence-electron chi connectivity index (χ3n) is 4.20. The van der Waals surface area contributed by atoms with Gasteiger partial charge in [-0.15, -0.1) is 0 Å². The number of ether oxygens (including phenoxy) is 1. The number of rotatable bonds is 7. The summed E-state index contributed by atoms with van der Waals surface area (Å²) >= 11 is 0. The van der Waals surface area contributed by atoms with Gasteiger partial charge in [0.2, 0.25) is 11.5 Å². The normalized spacial score (nSPS) is 11.3. The molecule has 0 radical (unpaired) electrons. The number of nitrogens with one attached hydrogen (secondary N) is 2. The van der Waals surface area contributed by atoms with E-state index >= 15 is 0 Å². The second kappa shape index (κ2) is 7.51. The van der Waals surface area contributed by atoms with Crippen LogP contribution in [0.5, 0.6) is 0 Å². The minimum Gasteiger partial charge on any atom is -0.394 e. The molecule has 1 aromatic carbocycles. The van der Waals surface area contributed by atoms with Gasteiger partial charge < -0.3 is 15.2 Å². The third kappa shape index (κ3) is 3.29. The number of pyridine rings is 1. The van der Waals surface area contributed by atoms with Crippen molar-refractivity contribution in [1.82, 2.24) is 4.98 Å². The van der Waals surface area contributed by atoms with E-state index in [0.717, 1.165) is 28.1 Å². The van der Waals surface area contributed by atoms with Gasteiger partial charge in [-0.05, 0) is 23.6 Å². The van der Waals surface area contributed by atoms with Crippen molar-refractivity contribution in [3.8, 4) is 6.07 Å². The number of aromatic nitrogens is 2. The Morgan fingerprint density at radius 3 is 2.84 bits per heavy atom. The van der Waals surface area contributed by atoms with Gasteiger partial charge in [0.1, 0.15) is 22.7 Å². The number of aromatic amines is 1. The predicted molar refractivity (Wildman–Crippen MR) is 96.7 cm³/mol. The van der Waals surface area contributed by atoms with Gasteiger partial charge >= 0.3 is 0 Å². The number of aliphatic hydroxyl groups is 1. The van der Waals surface area contributed by atoms with Crippen LogP contribution in [-0.2, 0) is 4.74 Å². The maximum atomic E-state index is 9.71. The van der Waals surface area contributed by atoms with Crippen LogP contribution in [0.1, 0.15) is 30.9 Å². The van der Waals surface area contributed by atoms with E-state index in [0.29, 0.717) is 25.3 Å². The van der Waals surface area contributed by atoms with Gasteiger partial charge in [0.05, 0.1) is 26.4 Å². The highest BCUT2D eigenvalue weighted by Crippen LogP contribution is 2.25. The fraction of sp³-hybridized carbons (Fsp3) is 0.368. The van der Waals surface area contributed by atoms with Crippen molar-refractivity contribution in [2.45, 2.75) is 19.8 Å². The van der Waals surface area contributed by atoms with Crippen LogP contribution >= 0.6 is 0 Å². The molecular weight excluding hydrogens is 316 g/mol. The summed E-state index contributed by atoms with van der Waals surface area (Å²) in [6, 6.07) is 12.4. The first-order chi connectivity index (χ1) is 12.2. The van der Waals surface area contributed by atoms with Crippen LogP contribution in [-0.4, -0.2) is 36.5 Å². The average molecular weight is 339 g/mol. The van der Waals surface area contributed by atoms with E-state index in [1.165, 1.54) is 0 Å². The topological polar surface area (TPSA) is 85.2 Å². The number of aliphatic hydroxyl groups excluding tert-OH is 1. The number of benzene rings is 1. The Kier molecular flexibility index (Phi) is 5.17. The van der Waals surface area contributed by atoms with Crippen molar-refractivity contribution >= 4 is 22.5 Å². The summed E-state index contributed by atoms with van der Waals surface area (Å²) in [5.74, 6) is 1.15. The molecule has 0 saturated heterocycles. The largest absolute Gasteiger partial charge is 0.394 e. The van der Waals surface area contributed by atoms with Gasteiger partial charge in [-0.1, -0.05) is 26.0 Å². The lowest BCUT2D eigenvalue weighted by Gasteiger charge is -2.11. The quantitative estimate of drug-likeness (QED) is 0.455. The van der Waals surface area contributed by atoms with Crippen LogP contribution in [0, 0.1) is 11.3 Å². The Balaban J connectivity index is 2.11. The summed E-state index contributed by atoms with van der Waals surface area (Å²) in [6.45, 7) is 5.65. The van der Waals surface area contributed by atoms with Crippen LogP contribution in [0.2, 0.25) is 0 Å². The van der Waals surface area contributed by atoms with Crippen LogP contribution < -0.4 is 9.72 Å². The number of nitriles is 1. The molecule has 0 spiro atoms. The fourth-order valence-corrected chi connectivity index (χ4v) is 3.04. The average Bonchev–Trinajstić information content (AvgIpc) is 3.00. The molecule has 0 fully saturated rings. The van der Waals surface area contributed by atoms with Gasteiger partial charge in [0.25, 0.3) is 0 Å². The Labute approximate surface area is 146 Å². The lowest BCUT2D eigenvalue weighted by atomic mass is 9.99. The SMILES string of the molecule is CC(C)c1cc(NCCOCCO)[n+]2c([nH]c3ccccc32)c1C#N. The number of anilines is 1. The van der Waals surface area contributed by atoms with E-state index in [9.17, 15) is 5.26 Å². The minimum absolute atomic E-state index is 0.0236. The van der Waals surface area contributed by atoms with Crippen molar-refractivity contribution in [3.05, 3.63) is 41.5 Å². The van der Waals surface area contributed by atoms with Gasteiger partial charge in [0, 0.05) is 6.07 Å². The number of hydrogen-bond acceptors (Lipinski definition) is 4. The molecule has 0 amide bonds. The summed E-state index contributed by atoms with van der Waals surface area (Å²) in [5, 5.41) is 21.9. The van der Waals surface area contributed by atoms with Crippen molar-refractivity contribution in [3.63, 3.8) is 0 Å². The smallest absolute Gasteiger partial charge is 0.250 e. The molecule has 130 valence electrons. The number of para-hydroxylation sites is 2. The van der Waals surface area contributed by atoms with E-state index in [1.54, 1.807) is 0 Å². The Hall–Kier alpha value is -2.62. The Morgan fingerprint density at radius 2 is 2.12 bits per heavy atom. The molecule has 2 aromatic heterocycles. The monoisotopic (exact) mass is 339 g/mol. The van der Waals surface area contributed by atoms with E-state index in [1.807, 2.05) is 34.7 Å². The summed E-state index contributed by atoms with van der Waals surface area (Å²) in [5.41, 5.74) is 4.48. The third-order valence-corrected chi connectivity index (χ3v) is 4.20. The second-order valence-electron chi connectivity index (χ2n) is 6.22. The number of H-pyrrole nitrogens is 1. The summed E-state index contributed by atoms with van der Waals surface area (Å²) in [6.07, 6.45) is 0. The van der Waals surface area contributed by atoms with Crippen molar-refractivity contribution < 1.29 is 14.2 Å². The maximum Gasteiger partial charge on any atom is 0.250 e. The molecule has 0 aliphatic carbocycles. The molecule has 0 aliphatic heterocycles. The van der Waals surface area contributed by atoms with Crippen LogP contribution in [0.15, 0.2) is 30.3 Å².